The first-order valence-corrected chi connectivity index (χ1v) is 9.40. The Bertz CT molecular complexity index is 604. The van der Waals surface area contributed by atoms with Crippen molar-refractivity contribution in [2.75, 3.05) is 18.8 Å². The third-order valence-corrected chi connectivity index (χ3v) is 6.71. The molecule has 1 aromatic rings. The highest BCUT2D eigenvalue weighted by molar-refractivity contribution is 7.89. The summed E-state index contributed by atoms with van der Waals surface area (Å²) in [7, 11) is -3.07. The standard InChI is InChI=1S/C16H23NO3S/c1-2-13-21(18,19)17-11-9-16(10-12-17)8-7-14-5-3-4-6-15(14)20-16/h3-6H,2,7-13H2,1H3. The van der Waals surface area contributed by atoms with Gasteiger partial charge in [-0.15, -0.1) is 0 Å². The molecule has 0 aliphatic carbocycles. The van der Waals surface area contributed by atoms with Crippen LogP contribution in [0.5, 0.6) is 5.75 Å². The lowest BCUT2D eigenvalue weighted by atomic mass is 9.84. The summed E-state index contributed by atoms with van der Waals surface area (Å²) in [5, 5.41) is 0. The first kappa shape index (κ1) is 14.9. The van der Waals surface area contributed by atoms with Gasteiger partial charge >= 0.3 is 0 Å². The van der Waals surface area contributed by atoms with Crippen molar-refractivity contribution in [1.29, 1.82) is 0 Å². The number of piperidine rings is 1. The highest BCUT2D eigenvalue weighted by Crippen LogP contribution is 2.39. The van der Waals surface area contributed by atoms with Crippen LogP contribution in [0.15, 0.2) is 24.3 Å². The zero-order valence-electron chi connectivity index (χ0n) is 12.5. The lowest BCUT2D eigenvalue weighted by molar-refractivity contribution is 0.00182. The van der Waals surface area contributed by atoms with Crippen molar-refractivity contribution in [3.8, 4) is 5.75 Å². The number of fused-ring (bicyclic) bond motifs is 1. The number of ether oxygens (including phenoxy) is 1. The van der Waals surface area contributed by atoms with Crippen molar-refractivity contribution < 1.29 is 13.2 Å². The molecule has 21 heavy (non-hydrogen) atoms. The molecular formula is C16H23NO3S. The van der Waals surface area contributed by atoms with E-state index < -0.39 is 10.0 Å². The summed E-state index contributed by atoms with van der Waals surface area (Å²) in [6.45, 7) is 3.08. The Morgan fingerprint density at radius 2 is 1.90 bits per heavy atom. The molecule has 4 nitrogen and oxygen atoms in total. The van der Waals surface area contributed by atoms with Gasteiger partial charge < -0.3 is 4.74 Å². The van der Waals surface area contributed by atoms with E-state index in [1.54, 1.807) is 4.31 Å². The normalized spacial score (nSPS) is 21.8. The minimum absolute atomic E-state index is 0.160. The Hall–Kier alpha value is -1.07. The van der Waals surface area contributed by atoms with Gasteiger partial charge in [-0.2, -0.15) is 0 Å². The van der Waals surface area contributed by atoms with Gasteiger partial charge in [-0.3, -0.25) is 0 Å². The summed E-state index contributed by atoms with van der Waals surface area (Å²) >= 11 is 0. The molecule has 0 aromatic heterocycles. The van der Waals surface area contributed by atoms with Gasteiger partial charge in [-0.05, 0) is 30.9 Å². The summed E-state index contributed by atoms with van der Waals surface area (Å²) in [5.41, 5.74) is 1.11. The molecule has 3 rings (SSSR count). The molecule has 5 heteroatoms. The molecule has 0 unspecified atom stereocenters. The average molecular weight is 309 g/mol. The van der Waals surface area contributed by atoms with Gasteiger partial charge in [0.1, 0.15) is 11.4 Å². The lowest BCUT2D eigenvalue weighted by Gasteiger charge is -2.44. The summed E-state index contributed by atoms with van der Waals surface area (Å²) in [5.74, 6) is 1.23. The zero-order chi connectivity index (χ0) is 14.9. The Kier molecular flexibility index (Phi) is 3.97. The monoisotopic (exact) mass is 309 g/mol. The number of nitrogens with zero attached hydrogens (tertiary/aromatic N) is 1. The number of para-hydroxylation sites is 1. The lowest BCUT2D eigenvalue weighted by Crippen LogP contribution is -2.51. The highest BCUT2D eigenvalue weighted by atomic mass is 32.2. The molecule has 0 atom stereocenters. The number of sulfonamides is 1. The molecule has 1 aromatic carbocycles. The number of hydrogen-bond acceptors (Lipinski definition) is 3. The van der Waals surface area contributed by atoms with E-state index >= 15 is 0 Å². The SMILES string of the molecule is CCCS(=O)(=O)N1CCC2(CCc3ccccc3O2)CC1. The molecule has 2 aliphatic rings. The number of aryl methyl sites for hydroxylation is 1. The fraction of sp³-hybridized carbons (Fsp3) is 0.625. The largest absolute Gasteiger partial charge is 0.487 e. The second-order valence-electron chi connectivity index (χ2n) is 6.11. The molecule has 0 bridgehead atoms. The molecular weight excluding hydrogens is 286 g/mol. The van der Waals surface area contributed by atoms with Crippen LogP contribution in [0.3, 0.4) is 0 Å². The highest BCUT2D eigenvalue weighted by Gasteiger charge is 2.41. The molecule has 2 heterocycles. The molecule has 2 aliphatic heterocycles. The van der Waals surface area contributed by atoms with Gasteiger partial charge in [0, 0.05) is 25.9 Å². The van der Waals surface area contributed by atoms with Crippen molar-refractivity contribution in [3.63, 3.8) is 0 Å². The fourth-order valence-electron chi connectivity index (χ4n) is 3.37. The van der Waals surface area contributed by atoms with Crippen LogP contribution in [0.2, 0.25) is 0 Å². The number of rotatable bonds is 3. The Morgan fingerprint density at radius 3 is 2.62 bits per heavy atom. The summed E-state index contributed by atoms with van der Waals surface area (Å²) in [6.07, 6.45) is 4.28. The van der Waals surface area contributed by atoms with Gasteiger partial charge in [-0.25, -0.2) is 12.7 Å². The van der Waals surface area contributed by atoms with Gasteiger partial charge in [0.2, 0.25) is 10.0 Å². The average Bonchev–Trinajstić information content (AvgIpc) is 2.47. The smallest absolute Gasteiger partial charge is 0.214 e. The first-order valence-electron chi connectivity index (χ1n) is 7.79. The van der Waals surface area contributed by atoms with Crippen LogP contribution in [0.4, 0.5) is 0 Å². The molecule has 116 valence electrons. The van der Waals surface area contributed by atoms with E-state index in [1.165, 1.54) is 5.56 Å². The number of hydrogen-bond donors (Lipinski definition) is 0. The van der Waals surface area contributed by atoms with Gasteiger partial charge in [0.15, 0.2) is 0 Å². The van der Waals surface area contributed by atoms with Crippen LogP contribution < -0.4 is 4.74 Å². The van der Waals surface area contributed by atoms with Crippen LogP contribution in [0.25, 0.3) is 0 Å². The van der Waals surface area contributed by atoms with Crippen LogP contribution in [0.1, 0.15) is 38.2 Å². The Morgan fingerprint density at radius 1 is 1.19 bits per heavy atom. The van der Waals surface area contributed by atoms with E-state index in [0.717, 1.165) is 31.4 Å². The maximum absolute atomic E-state index is 12.1. The maximum atomic E-state index is 12.1. The minimum Gasteiger partial charge on any atom is -0.487 e. The second kappa shape index (κ2) is 5.61. The first-order chi connectivity index (χ1) is 10.0. The van der Waals surface area contributed by atoms with Gasteiger partial charge in [0.05, 0.1) is 5.75 Å². The fourth-order valence-corrected chi connectivity index (χ4v) is 4.88. The molecule has 1 saturated heterocycles. The van der Waals surface area contributed by atoms with Gasteiger partial charge in [0.25, 0.3) is 0 Å². The van der Waals surface area contributed by atoms with E-state index in [-0.39, 0.29) is 11.4 Å². The van der Waals surface area contributed by atoms with Gasteiger partial charge in [-0.1, -0.05) is 25.1 Å². The maximum Gasteiger partial charge on any atom is 0.214 e. The molecule has 0 saturated carbocycles. The van der Waals surface area contributed by atoms with E-state index in [0.29, 0.717) is 19.5 Å². The molecule has 1 spiro atoms. The minimum atomic E-state index is -3.07. The Labute approximate surface area is 127 Å². The summed E-state index contributed by atoms with van der Waals surface area (Å²) in [6, 6.07) is 8.18. The van der Waals surface area contributed by atoms with E-state index in [1.807, 2.05) is 25.1 Å². The van der Waals surface area contributed by atoms with Crippen LogP contribution in [-0.2, 0) is 16.4 Å². The van der Waals surface area contributed by atoms with E-state index in [2.05, 4.69) is 6.07 Å². The molecule has 0 amide bonds. The van der Waals surface area contributed by atoms with Crippen LogP contribution in [0, 0.1) is 0 Å². The zero-order valence-corrected chi connectivity index (χ0v) is 13.4. The van der Waals surface area contributed by atoms with Crippen molar-refractivity contribution in [3.05, 3.63) is 29.8 Å². The third-order valence-electron chi connectivity index (χ3n) is 4.64. The number of benzene rings is 1. The summed E-state index contributed by atoms with van der Waals surface area (Å²) < 4.78 is 32.2. The summed E-state index contributed by atoms with van der Waals surface area (Å²) in [4.78, 5) is 0. The topological polar surface area (TPSA) is 46.6 Å². The van der Waals surface area contributed by atoms with Crippen LogP contribution in [-0.4, -0.2) is 37.2 Å². The van der Waals surface area contributed by atoms with Crippen molar-refractivity contribution >= 4 is 10.0 Å². The predicted octanol–water partition coefficient (Wildman–Crippen LogP) is 2.59. The quantitative estimate of drug-likeness (QED) is 0.862. The van der Waals surface area contributed by atoms with Crippen molar-refractivity contribution in [2.45, 2.75) is 44.6 Å². The molecule has 1 fully saturated rings. The predicted molar refractivity (Wildman–Crippen MR) is 83.0 cm³/mol. The molecule has 0 N–H and O–H groups in total. The van der Waals surface area contributed by atoms with Crippen LogP contribution >= 0.6 is 0 Å². The van der Waals surface area contributed by atoms with Crippen molar-refractivity contribution in [1.82, 2.24) is 4.31 Å². The Balaban J connectivity index is 1.69. The van der Waals surface area contributed by atoms with E-state index in [9.17, 15) is 8.42 Å². The van der Waals surface area contributed by atoms with Crippen molar-refractivity contribution in [2.24, 2.45) is 0 Å². The molecule has 0 radical (unpaired) electrons. The second-order valence-corrected chi connectivity index (χ2v) is 8.20. The van der Waals surface area contributed by atoms with E-state index in [4.69, 9.17) is 4.74 Å². The third kappa shape index (κ3) is 2.94.